The van der Waals surface area contributed by atoms with E-state index in [4.69, 9.17) is 4.74 Å². The molecular weight excluding hydrogens is 248 g/mol. The van der Waals surface area contributed by atoms with E-state index in [-0.39, 0.29) is 12.1 Å². The third-order valence-electron chi connectivity index (χ3n) is 2.70. The van der Waals surface area contributed by atoms with Gasteiger partial charge in [-0.25, -0.2) is 8.78 Å². The quantitative estimate of drug-likeness (QED) is 0.881. The Morgan fingerprint density at radius 2 is 1.68 bits per heavy atom. The van der Waals surface area contributed by atoms with Crippen molar-refractivity contribution in [1.29, 1.82) is 0 Å². The third-order valence-corrected chi connectivity index (χ3v) is 2.70. The number of halogens is 2. The summed E-state index contributed by atoms with van der Waals surface area (Å²) in [6, 6.07) is 11.1. The van der Waals surface area contributed by atoms with E-state index < -0.39 is 11.6 Å². The molecule has 0 aromatic heterocycles. The standard InChI is InChI=1S/C15H15F2NO/c1-2-19-15-9-4-3-8-14(15)18-10-11-12(16)6-5-7-13(11)17/h3-9,18H,2,10H2,1H3. The molecule has 0 aliphatic carbocycles. The Morgan fingerprint density at radius 1 is 1.00 bits per heavy atom. The maximum atomic E-state index is 13.5. The Kier molecular flexibility index (Phi) is 4.34. The lowest BCUT2D eigenvalue weighted by molar-refractivity contribution is 0.341. The summed E-state index contributed by atoms with van der Waals surface area (Å²) in [5.41, 5.74) is 0.737. The van der Waals surface area contributed by atoms with E-state index in [0.717, 1.165) is 0 Å². The van der Waals surface area contributed by atoms with Gasteiger partial charge in [-0.15, -0.1) is 0 Å². The minimum atomic E-state index is -0.554. The number of para-hydroxylation sites is 2. The molecule has 0 saturated heterocycles. The zero-order valence-corrected chi connectivity index (χ0v) is 10.6. The number of ether oxygens (including phenoxy) is 1. The molecule has 0 atom stereocenters. The van der Waals surface area contributed by atoms with Crippen LogP contribution in [-0.2, 0) is 6.54 Å². The van der Waals surface area contributed by atoms with Crippen molar-refractivity contribution in [2.45, 2.75) is 13.5 Å². The van der Waals surface area contributed by atoms with Gasteiger partial charge in [0.15, 0.2) is 0 Å². The second-order valence-corrected chi connectivity index (χ2v) is 3.98. The lowest BCUT2D eigenvalue weighted by Crippen LogP contribution is -2.06. The van der Waals surface area contributed by atoms with Crippen LogP contribution in [0.1, 0.15) is 12.5 Å². The molecule has 0 radical (unpaired) electrons. The molecular formula is C15H15F2NO. The first-order valence-electron chi connectivity index (χ1n) is 6.11. The average Bonchev–Trinajstić information content (AvgIpc) is 2.40. The highest BCUT2D eigenvalue weighted by atomic mass is 19.1. The summed E-state index contributed by atoms with van der Waals surface area (Å²) in [7, 11) is 0. The molecule has 1 N–H and O–H groups in total. The van der Waals surface area contributed by atoms with Crippen LogP contribution < -0.4 is 10.1 Å². The van der Waals surface area contributed by atoms with Crippen LogP contribution >= 0.6 is 0 Å². The van der Waals surface area contributed by atoms with Gasteiger partial charge in [0.1, 0.15) is 17.4 Å². The Balaban J connectivity index is 2.15. The average molecular weight is 263 g/mol. The summed E-state index contributed by atoms with van der Waals surface area (Å²) >= 11 is 0. The van der Waals surface area contributed by atoms with E-state index >= 15 is 0 Å². The summed E-state index contributed by atoms with van der Waals surface area (Å²) in [4.78, 5) is 0. The van der Waals surface area contributed by atoms with Crippen LogP contribution in [0.4, 0.5) is 14.5 Å². The van der Waals surface area contributed by atoms with Gasteiger partial charge in [0, 0.05) is 12.1 Å². The van der Waals surface area contributed by atoms with Gasteiger partial charge in [-0.1, -0.05) is 18.2 Å². The fourth-order valence-electron chi connectivity index (χ4n) is 1.78. The Hall–Kier alpha value is -2.10. The number of hydrogen-bond donors (Lipinski definition) is 1. The van der Waals surface area contributed by atoms with Crippen molar-refractivity contribution >= 4 is 5.69 Å². The molecule has 0 fully saturated rings. The van der Waals surface area contributed by atoms with E-state index in [9.17, 15) is 8.78 Å². The van der Waals surface area contributed by atoms with Gasteiger partial charge in [0.05, 0.1) is 12.3 Å². The van der Waals surface area contributed by atoms with Gasteiger partial charge in [-0.3, -0.25) is 0 Å². The molecule has 0 aliphatic heterocycles. The highest BCUT2D eigenvalue weighted by Gasteiger charge is 2.09. The molecule has 4 heteroatoms. The second kappa shape index (κ2) is 6.18. The monoisotopic (exact) mass is 263 g/mol. The Bertz CT molecular complexity index is 537. The SMILES string of the molecule is CCOc1ccccc1NCc1c(F)cccc1F. The molecule has 2 aromatic rings. The van der Waals surface area contributed by atoms with Gasteiger partial charge in [-0.05, 0) is 31.2 Å². The summed E-state index contributed by atoms with van der Waals surface area (Å²) < 4.78 is 32.4. The van der Waals surface area contributed by atoms with E-state index in [0.29, 0.717) is 18.0 Å². The molecule has 2 aromatic carbocycles. The van der Waals surface area contributed by atoms with Gasteiger partial charge >= 0.3 is 0 Å². The number of anilines is 1. The van der Waals surface area contributed by atoms with E-state index in [1.54, 1.807) is 0 Å². The minimum Gasteiger partial charge on any atom is -0.492 e. The Morgan fingerprint density at radius 3 is 2.37 bits per heavy atom. The molecule has 100 valence electrons. The molecule has 0 heterocycles. The van der Waals surface area contributed by atoms with Crippen molar-refractivity contribution < 1.29 is 13.5 Å². The summed E-state index contributed by atoms with van der Waals surface area (Å²) in [6.45, 7) is 2.49. The minimum absolute atomic E-state index is 0.0220. The van der Waals surface area contributed by atoms with E-state index in [2.05, 4.69) is 5.32 Å². The van der Waals surface area contributed by atoms with Gasteiger partial charge in [0.25, 0.3) is 0 Å². The molecule has 0 aliphatic rings. The van der Waals surface area contributed by atoms with Crippen molar-refractivity contribution in [3.8, 4) is 5.75 Å². The third kappa shape index (κ3) is 3.22. The smallest absolute Gasteiger partial charge is 0.142 e. The fraction of sp³-hybridized carbons (Fsp3) is 0.200. The van der Waals surface area contributed by atoms with Crippen LogP contribution in [0.15, 0.2) is 42.5 Å². The summed E-state index contributed by atoms with van der Waals surface area (Å²) in [5.74, 6) is -0.440. The molecule has 2 rings (SSSR count). The lowest BCUT2D eigenvalue weighted by atomic mass is 10.2. The highest BCUT2D eigenvalue weighted by molar-refractivity contribution is 5.56. The topological polar surface area (TPSA) is 21.3 Å². The molecule has 0 amide bonds. The van der Waals surface area contributed by atoms with Crippen molar-refractivity contribution in [1.82, 2.24) is 0 Å². The largest absolute Gasteiger partial charge is 0.492 e. The lowest BCUT2D eigenvalue weighted by Gasteiger charge is -2.12. The van der Waals surface area contributed by atoms with Crippen LogP contribution in [0.2, 0.25) is 0 Å². The van der Waals surface area contributed by atoms with Gasteiger partial charge in [0.2, 0.25) is 0 Å². The van der Waals surface area contributed by atoms with Crippen LogP contribution in [0.5, 0.6) is 5.75 Å². The molecule has 0 spiro atoms. The van der Waals surface area contributed by atoms with Crippen molar-refractivity contribution in [2.24, 2.45) is 0 Å². The summed E-state index contributed by atoms with van der Waals surface area (Å²) in [6.07, 6.45) is 0. The first-order valence-corrected chi connectivity index (χ1v) is 6.11. The van der Waals surface area contributed by atoms with Crippen molar-refractivity contribution in [3.63, 3.8) is 0 Å². The van der Waals surface area contributed by atoms with Crippen molar-refractivity contribution in [2.75, 3.05) is 11.9 Å². The number of benzene rings is 2. The maximum absolute atomic E-state index is 13.5. The molecule has 2 nitrogen and oxygen atoms in total. The Labute approximate surface area is 111 Å². The first kappa shape index (κ1) is 13.3. The first-order chi connectivity index (χ1) is 9.22. The molecule has 0 saturated carbocycles. The number of hydrogen-bond acceptors (Lipinski definition) is 2. The van der Waals surface area contributed by atoms with Gasteiger partial charge < -0.3 is 10.1 Å². The maximum Gasteiger partial charge on any atom is 0.142 e. The predicted molar refractivity (Wildman–Crippen MR) is 71.3 cm³/mol. The van der Waals surface area contributed by atoms with Gasteiger partial charge in [-0.2, -0.15) is 0 Å². The second-order valence-electron chi connectivity index (χ2n) is 3.98. The molecule has 19 heavy (non-hydrogen) atoms. The molecule has 0 bridgehead atoms. The molecule has 0 unspecified atom stereocenters. The van der Waals surface area contributed by atoms with Crippen LogP contribution in [-0.4, -0.2) is 6.61 Å². The normalized spacial score (nSPS) is 10.3. The number of nitrogens with one attached hydrogen (secondary N) is 1. The summed E-state index contributed by atoms with van der Waals surface area (Å²) in [5, 5.41) is 2.99. The van der Waals surface area contributed by atoms with E-state index in [1.165, 1.54) is 18.2 Å². The van der Waals surface area contributed by atoms with Crippen LogP contribution in [0.3, 0.4) is 0 Å². The number of rotatable bonds is 5. The van der Waals surface area contributed by atoms with E-state index in [1.807, 2.05) is 31.2 Å². The highest BCUT2D eigenvalue weighted by Crippen LogP contribution is 2.25. The van der Waals surface area contributed by atoms with Crippen LogP contribution in [0, 0.1) is 11.6 Å². The zero-order chi connectivity index (χ0) is 13.7. The fourth-order valence-corrected chi connectivity index (χ4v) is 1.78. The van der Waals surface area contributed by atoms with Crippen molar-refractivity contribution in [3.05, 3.63) is 59.7 Å². The predicted octanol–water partition coefficient (Wildman–Crippen LogP) is 3.98. The zero-order valence-electron chi connectivity index (χ0n) is 10.6. The van der Waals surface area contributed by atoms with Crippen LogP contribution in [0.25, 0.3) is 0 Å².